The lowest BCUT2D eigenvalue weighted by Gasteiger charge is -2.12. The van der Waals surface area contributed by atoms with E-state index in [1.807, 2.05) is 31.2 Å². The van der Waals surface area contributed by atoms with Crippen molar-refractivity contribution >= 4 is 35.2 Å². The molecule has 1 atom stereocenters. The van der Waals surface area contributed by atoms with E-state index in [0.29, 0.717) is 23.6 Å². The van der Waals surface area contributed by atoms with Gasteiger partial charge in [0, 0.05) is 23.7 Å². The van der Waals surface area contributed by atoms with Crippen molar-refractivity contribution in [3.63, 3.8) is 0 Å². The molecule has 31 heavy (non-hydrogen) atoms. The van der Waals surface area contributed by atoms with Gasteiger partial charge in [-0.3, -0.25) is 9.59 Å². The number of benzene rings is 2. The van der Waals surface area contributed by atoms with E-state index in [4.69, 9.17) is 9.47 Å². The number of anilines is 1. The Bertz CT molecular complexity index is 910. The van der Waals surface area contributed by atoms with E-state index in [0.717, 1.165) is 24.1 Å². The van der Waals surface area contributed by atoms with Crippen LogP contribution in [0.5, 0.6) is 0 Å². The minimum Gasteiger partial charge on any atom is -0.452 e. The van der Waals surface area contributed by atoms with Crippen LogP contribution in [0.3, 0.4) is 0 Å². The SMILES string of the molecule is Cc1ccc(NC(=O)CSc2ccccc2C(=O)OCC(=O)NC[C@@H]2CCCO2)cc1. The maximum atomic E-state index is 12.5. The topological polar surface area (TPSA) is 93.7 Å². The van der Waals surface area contributed by atoms with Gasteiger partial charge in [-0.1, -0.05) is 29.8 Å². The van der Waals surface area contributed by atoms with Crippen molar-refractivity contribution in [2.24, 2.45) is 0 Å². The summed E-state index contributed by atoms with van der Waals surface area (Å²) < 4.78 is 10.6. The molecule has 0 aromatic heterocycles. The van der Waals surface area contributed by atoms with E-state index in [1.54, 1.807) is 24.3 Å². The van der Waals surface area contributed by atoms with Crippen molar-refractivity contribution in [3.8, 4) is 0 Å². The van der Waals surface area contributed by atoms with Crippen LogP contribution >= 0.6 is 11.8 Å². The molecule has 0 spiro atoms. The number of esters is 1. The lowest BCUT2D eigenvalue weighted by molar-refractivity contribution is -0.124. The molecule has 3 rings (SSSR count). The first-order valence-corrected chi connectivity index (χ1v) is 11.1. The first kappa shape index (κ1) is 22.8. The summed E-state index contributed by atoms with van der Waals surface area (Å²) in [5.74, 6) is -1.01. The maximum absolute atomic E-state index is 12.5. The van der Waals surface area contributed by atoms with Crippen molar-refractivity contribution in [2.45, 2.75) is 30.8 Å². The average Bonchev–Trinajstić information content (AvgIpc) is 3.30. The molecular weight excluding hydrogens is 416 g/mol. The Balaban J connectivity index is 1.47. The van der Waals surface area contributed by atoms with Crippen molar-refractivity contribution in [1.82, 2.24) is 5.32 Å². The van der Waals surface area contributed by atoms with Gasteiger partial charge in [-0.05, 0) is 44.0 Å². The fourth-order valence-corrected chi connectivity index (χ4v) is 3.87. The van der Waals surface area contributed by atoms with Crippen LogP contribution in [0.1, 0.15) is 28.8 Å². The molecule has 0 radical (unpaired) electrons. The Kier molecular flexibility index (Phi) is 8.49. The number of aryl methyl sites for hydroxylation is 1. The van der Waals surface area contributed by atoms with Crippen LogP contribution in [0.2, 0.25) is 0 Å². The van der Waals surface area contributed by atoms with E-state index in [2.05, 4.69) is 10.6 Å². The quantitative estimate of drug-likeness (QED) is 0.458. The molecule has 164 valence electrons. The summed E-state index contributed by atoms with van der Waals surface area (Å²) in [6.07, 6.45) is 1.94. The summed E-state index contributed by atoms with van der Waals surface area (Å²) in [6, 6.07) is 14.4. The third-order valence-electron chi connectivity index (χ3n) is 4.69. The van der Waals surface area contributed by atoms with Gasteiger partial charge in [0.2, 0.25) is 5.91 Å². The molecule has 8 heteroatoms. The van der Waals surface area contributed by atoms with Crippen molar-refractivity contribution in [3.05, 3.63) is 59.7 Å². The number of hydrogen-bond donors (Lipinski definition) is 2. The van der Waals surface area contributed by atoms with Crippen LogP contribution < -0.4 is 10.6 Å². The number of carbonyl (C=O) groups excluding carboxylic acids is 3. The van der Waals surface area contributed by atoms with E-state index >= 15 is 0 Å². The number of thioether (sulfide) groups is 1. The zero-order chi connectivity index (χ0) is 22.1. The molecule has 7 nitrogen and oxygen atoms in total. The molecule has 1 aliphatic heterocycles. The summed E-state index contributed by atoms with van der Waals surface area (Å²) >= 11 is 1.24. The van der Waals surface area contributed by atoms with Crippen molar-refractivity contribution in [1.29, 1.82) is 0 Å². The van der Waals surface area contributed by atoms with Crippen LogP contribution in [-0.2, 0) is 19.1 Å². The van der Waals surface area contributed by atoms with Gasteiger partial charge in [-0.15, -0.1) is 11.8 Å². The summed E-state index contributed by atoms with van der Waals surface area (Å²) in [7, 11) is 0. The molecule has 2 amide bonds. The third kappa shape index (κ3) is 7.41. The highest BCUT2D eigenvalue weighted by molar-refractivity contribution is 8.00. The molecular formula is C23H26N2O5S. The number of nitrogens with one attached hydrogen (secondary N) is 2. The minimum atomic E-state index is -0.602. The Morgan fingerprint density at radius 2 is 1.87 bits per heavy atom. The van der Waals surface area contributed by atoms with Gasteiger partial charge in [-0.25, -0.2) is 4.79 Å². The molecule has 1 saturated heterocycles. The molecule has 0 aliphatic carbocycles. The minimum absolute atomic E-state index is 0.0304. The van der Waals surface area contributed by atoms with Gasteiger partial charge in [0.05, 0.1) is 17.4 Å². The Labute approximate surface area is 185 Å². The Morgan fingerprint density at radius 3 is 2.61 bits per heavy atom. The maximum Gasteiger partial charge on any atom is 0.339 e. The van der Waals surface area contributed by atoms with Gasteiger partial charge < -0.3 is 20.1 Å². The number of ether oxygens (including phenoxy) is 2. The lowest BCUT2D eigenvalue weighted by atomic mass is 10.2. The van der Waals surface area contributed by atoms with E-state index in [9.17, 15) is 14.4 Å². The highest BCUT2D eigenvalue weighted by atomic mass is 32.2. The monoisotopic (exact) mass is 442 g/mol. The average molecular weight is 443 g/mol. The van der Waals surface area contributed by atoms with Gasteiger partial charge in [-0.2, -0.15) is 0 Å². The standard InChI is InChI=1S/C23H26N2O5S/c1-16-8-10-17(11-9-16)25-22(27)15-31-20-7-3-2-6-19(20)23(28)30-14-21(26)24-13-18-5-4-12-29-18/h2-3,6-11,18H,4-5,12-15H2,1H3,(H,24,26)(H,25,27)/t18-/m0/s1. The van der Waals surface area contributed by atoms with Crippen LogP contribution in [0.4, 0.5) is 5.69 Å². The van der Waals surface area contributed by atoms with Crippen LogP contribution in [0.15, 0.2) is 53.4 Å². The summed E-state index contributed by atoms with van der Waals surface area (Å²) in [5, 5.41) is 5.54. The Hall–Kier alpha value is -2.84. The van der Waals surface area contributed by atoms with Gasteiger partial charge in [0.25, 0.3) is 5.91 Å². The molecule has 0 saturated carbocycles. The second-order valence-corrected chi connectivity index (χ2v) is 8.23. The largest absolute Gasteiger partial charge is 0.452 e. The second kappa shape index (κ2) is 11.5. The first-order valence-electron chi connectivity index (χ1n) is 10.1. The molecule has 1 aliphatic rings. The van der Waals surface area contributed by atoms with E-state index in [1.165, 1.54) is 11.8 Å². The summed E-state index contributed by atoms with van der Waals surface area (Å²) in [6.45, 7) is 2.75. The molecule has 0 bridgehead atoms. The number of hydrogen-bond acceptors (Lipinski definition) is 6. The fraction of sp³-hybridized carbons (Fsp3) is 0.348. The number of carbonyl (C=O) groups is 3. The highest BCUT2D eigenvalue weighted by Gasteiger charge is 2.18. The molecule has 1 fully saturated rings. The summed E-state index contributed by atoms with van der Waals surface area (Å²) in [4.78, 5) is 37.2. The van der Waals surface area contributed by atoms with Crippen LogP contribution in [0, 0.1) is 6.92 Å². The van der Waals surface area contributed by atoms with Crippen molar-refractivity contribution < 1.29 is 23.9 Å². The Morgan fingerprint density at radius 1 is 1.10 bits per heavy atom. The van der Waals surface area contributed by atoms with Crippen LogP contribution in [0.25, 0.3) is 0 Å². The molecule has 2 N–H and O–H groups in total. The molecule has 2 aromatic rings. The smallest absolute Gasteiger partial charge is 0.339 e. The van der Waals surface area contributed by atoms with E-state index < -0.39 is 5.97 Å². The number of amides is 2. The highest BCUT2D eigenvalue weighted by Crippen LogP contribution is 2.23. The third-order valence-corrected chi connectivity index (χ3v) is 5.76. The van der Waals surface area contributed by atoms with Gasteiger partial charge in [0.15, 0.2) is 6.61 Å². The predicted molar refractivity (Wildman–Crippen MR) is 119 cm³/mol. The zero-order valence-corrected chi connectivity index (χ0v) is 18.2. The predicted octanol–water partition coefficient (Wildman–Crippen LogP) is 3.18. The lowest BCUT2D eigenvalue weighted by Crippen LogP contribution is -2.34. The van der Waals surface area contributed by atoms with Crippen LogP contribution in [-0.4, -0.2) is 49.4 Å². The zero-order valence-electron chi connectivity index (χ0n) is 17.4. The number of rotatable bonds is 9. The molecule has 2 aromatic carbocycles. The fourth-order valence-electron chi connectivity index (χ4n) is 3.03. The normalized spacial score (nSPS) is 15.3. The summed E-state index contributed by atoms with van der Waals surface area (Å²) in [5.41, 5.74) is 2.15. The van der Waals surface area contributed by atoms with Gasteiger partial charge >= 0.3 is 5.97 Å². The first-order chi connectivity index (χ1) is 15.0. The second-order valence-electron chi connectivity index (χ2n) is 7.21. The molecule has 0 unspecified atom stereocenters. The van der Waals surface area contributed by atoms with E-state index in [-0.39, 0.29) is 30.3 Å². The van der Waals surface area contributed by atoms with Gasteiger partial charge in [0.1, 0.15) is 0 Å². The molecule has 1 heterocycles. The van der Waals surface area contributed by atoms with Crippen molar-refractivity contribution in [2.75, 3.05) is 30.8 Å².